The van der Waals surface area contributed by atoms with Crippen LogP contribution in [0, 0.1) is 23.6 Å². The summed E-state index contributed by atoms with van der Waals surface area (Å²) >= 11 is 0. The number of fused-ring (bicyclic) bond motifs is 8. The van der Waals surface area contributed by atoms with Gasteiger partial charge in [0.25, 0.3) is 5.56 Å². The van der Waals surface area contributed by atoms with E-state index in [4.69, 9.17) is 4.98 Å². The van der Waals surface area contributed by atoms with Crippen molar-refractivity contribution < 1.29 is 14.0 Å². The summed E-state index contributed by atoms with van der Waals surface area (Å²) in [6.07, 6.45) is 0. The maximum atomic E-state index is 14.2. The molecule has 2 saturated heterocycles. The standard InChI is InChI=1S/C29H23FN4O3/c1-15(2)24-22-23(27(37)33(26(22)36)17-13-11-16(30)12-14-17)29(32-24)19-8-4-6-10-21(19)34-25(35)18-7-3-5-9-20(18)31-28(29)34/h3-15,22-24,32H,1-2H3/t22-,23-,24+,29+/m1/s1. The van der Waals surface area contributed by atoms with Crippen LogP contribution in [0.25, 0.3) is 16.6 Å². The Hall–Kier alpha value is -4.17. The number of rotatable bonds is 2. The van der Waals surface area contributed by atoms with E-state index < -0.39 is 23.2 Å². The zero-order valence-corrected chi connectivity index (χ0v) is 20.2. The summed E-state index contributed by atoms with van der Waals surface area (Å²) in [6, 6.07) is 19.6. The van der Waals surface area contributed by atoms with Crippen LogP contribution in [0.15, 0.2) is 77.6 Å². The molecule has 0 aliphatic carbocycles. The summed E-state index contributed by atoms with van der Waals surface area (Å²) in [5.41, 5.74) is 0.861. The van der Waals surface area contributed by atoms with Gasteiger partial charge in [-0.15, -0.1) is 0 Å². The lowest BCUT2D eigenvalue weighted by atomic mass is 9.75. The maximum absolute atomic E-state index is 14.2. The lowest BCUT2D eigenvalue weighted by Crippen LogP contribution is -2.51. The van der Waals surface area contributed by atoms with Crippen LogP contribution >= 0.6 is 0 Å². The molecule has 0 saturated carbocycles. The lowest BCUT2D eigenvalue weighted by molar-refractivity contribution is -0.123. The van der Waals surface area contributed by atoms with Gasteiger partial charge in [0.05, 0.1) is 34.1 Å². The summed E-state index contributed by atoms with van der Waals surface area (Å²) < 4.78 is 15.3. The number of hydrogen-bond acceptors (Lipinski definition) is 5. The van der Waals surface area contributed by atoms with Crippen molar-refractivity contribution in [1.82, 2.24) is 14.9 Å². The first-order valence-electron chi connectivity index (χ1n) is 12.4. The van der Waals surface area contributed by atoms with Crippen LogP contribution in [-0.2, 0) is 15.1 Å². The third kappa shape index (κ3) is 2.68. The molecule has 7 nitrogen and oxygen atoms in total. The second-order valence-corrected chi connectivity index (χ2v) is 10.3. The molecule has 4 heterocycles. The second kappa shape index (κ2) is 7.43. The first kappa shape index (κ1) is 22.1. The molecule has 3 aliphatic heterocycles. The molecule has 0 bridgehead atoms. The largest absolute Gasteiger partial charge is 0.296 e. The quantitative estimate of drug-likeness (QED) is 0.431. The van der Waals surface area contributed by atoms with Crippen molar-refractivity contribution in [2.45, 2.75) is 25.4 Å². The van der Waals surface area contributed by atoms with Crippen molar-refractivity contribution >= 4 is 28.4 Å². The highest BCUT2D eigenvalue weighted by molar-refractivity contribution is 6.23. The summed E-state index contributed by atoms with van der Waals surface area (Å²) in [5.74, 6) is -2.26. The fraction of sp³-hybridized carbons (Fsp3) is 0.241. The van der Waals surface area contributed by atoms with Gasteiger partial charge in [-0.3, -0.25) is 24.3 Å². The molecular weight excluding hydrogens is 471 g/mol. The number of carbonyl (C=O) groups is 2. The van der Waals surface area contributed by atoms with E-state index in [1.54, 1.807) is 22.8 Å². The van der Waals surface area contributed by atoms with Gasteiger partial charge in [0.2, 0.25) is 11.8 Å². The Labute approximate surface area is 211 Å². The third-order valence-corrected chi connectivity index (χ3v) is 8.10. The van der Waals surface area contributed by atoms with E-state index in [1.165, 1.54) is 29.2 Å². The number of anilines is 1. The fourth-order valence-corrected chi connectivity index (χ4v) is 6.57. The van der Waals surface area contributed by atoms with Gasteiger partial charge in [0.1, 0.15) is 17.2 Å². The van der Waals surface area contributed by atoms with Crippen LogP contribution in [0.3, 0.4) is 0 Å². The number of benzene rings is 3. The number of imide groups is 1. The van der Waals surface area contributed by atoms with E-state index in [-0.39, 0.29) is 29.3 Å². The Bertz CT molecular complexity index is 1700. The smallest absolute Gasteiger partial charge is 0.266 e. The highest BCUT2D eigenvalue weighted by Crippen LogP contribution is 2.56. The number of aromatic nitrogens is 2. The van der Waals surface area contributed by atoms with E-state index >= 15 is 0 Å². The van der Waals surface area contributed by atoms with E-state index in [0.717, 1.165) is 5.56 Å². The number of hydrogen-bond donors (Lipinski definition) is 1. The molecule has 37 heavy (non-hydrogen) atoms. The summed E-state index contributed by atoms with van der Waals surface area (Å²) in [7, 11) is 0. The topological polar surface area (TPSA) is 84.3 Å². The molecule has 0 unspecified atom stereocenters. The van der Waals surface area contributed by atoms with Gasteiger partial charge in [-0.2, -0.15) is 0 Å². The maximum Gasteiger partial charge on any atom is 0.266 e. The Morgan fingerprint density at radius 2 is 1.62 bits per heavy atom. The predicted molar refractivity (Wildman–Crippen MR) is 136 cm³/mol. The van der Waals surface area contributed by atoms with Crippen LogP contribution < -0.4 is 15.8 Å². The zero-order valence-electron chi connectivity index (χ0n) is 20.2. The van der Waals surface area contributed by atoms with Gasteiger partial charge in [-0.05, 0) is 48.4 Å². The third-order valence-electron chi connectivity index (χ3n) is 8.10. The first-order chi connectivity index (χ1) is 17.8. The van der Waals surface area contributed by atoms with Crippen LogP contribution in [0.4, 0.5) is 10.1 Å². The molecule has 0 radical (unpaired) electrons. The Morgan fingerprint density at radius 3 is 2.38 bits per heavy atom. The Kier molecular flexibility index (Phi) is 4.43. The molecule has 184 valence electrons. The highest BCUT2D eigenvalue weighted by atomic mass is 19.1. The molecule has 7 rings (SSSR count). The minimum atomic E-state index is -1.18. The number of carbonyl (C=O) groups excluding carboxylic acids is 2. The molecule has 2 amide bonds. The number of nitrogens with zero attached hydrogens (tertiary/aromatic N) is 3. The first-order valence-corrected chi connectivity index (χ1v) is 12.4. The van der Waals surface area contributed by atoms with Crippen LogP contribution in [0.5, 0.6) is 0 Å². The number of para-hydroxylation sites is 2. The monoisotopic (exact) mass is 494 g/mol. The predicted octanol–water partition coefficient (Wildman–Crippen LogP) is 3.52. The SMILES string of the molecule is CC(C)[C@@H]1N[C@@]2(c3ccccc3-n3c2nc2ccccc2c3=O)[C@H]2C(=O)N(c3ccc(F)cc3)C(=O)[C@@H]12. The van der Waals surface area contributed by atoms with Gasteiger partial charge in [0.15, 0.2) is 0 Å². The van der Waals surface area contributed by atoms with Gasteiger partial charge in [0, 0.05) is 11.6 Å². The molecule has 4 atom stereocenters. The summed E-state index contributed by atoms with van der Waals surface area (Å²) in [6.45, 7) is 4.02. The average Bonchev–Trinajstić information content (AvgIpc) is 3.49. The number of halogens is 1. The zero-order chi connectivity index (χ0) is 25.6. The van der Waals surface area contributed by atoms with Crippen molar-refractivity contribution in [1.29, 1.82) is 0 Å². The Morgan fingerprint density at radius 1 is 0.919 bits per heavy atom. The van der Waals surface area contributed by atoms with E-state index in [2.05, 4.69) is 5.32 Å². The minimum Gasteiger partial charge on any atom is -0.296 e. The molecular formula is C29H23FN4O3. The minimum absolute atomic E-state index is 0.00480. The summed E-state index contributed by atoms with van der Waals surface area (Å²) in [4.78, 5) is 48.1. The van der Waals surface area contributed by atoms with E-state index in [1.807, 2.05) is 44.2 Å². The van der Waals surface area contributed by atoms with Crippen molar-refractivity contribution in [3.63, 3.8) is 0 Å². The Balaban J connectivity index is 1.53. The number of amides is 2. The summed E-state index contributed by atoms with van der Waals surface area (Å²) in [5, 5.41) is 4.14. The molecule has 1 aromatic heterocycles. The highest BCUT2D eigenvalue weighted by Gasteiger charge is 2.70. The van der Waals surface area contributed by atoms with Gasteiger partial charge in [-0.25, -0.2) is 14.3 Å². The molecule has 4 aromatic rings. The van der Waals surface area contributed by atoms with E-state index in [9.17, 15) is 18.8 Å². The van der Waals surface area contributed by atoms with Gasteiger partial charge >= 0.3 is 0 Å². The normalized spacial score (nSPS) is 25.8. The van der Waals surface area contributed by atoms with Crippen molar-refractivity contribution in [2.75, 3.05) is 4.90 Å². The molecule has 1 spiro atoms. The van der Waals surface area contributed by atoms with Crippen molar-refractivity contribution in [2.24, 2.45) is 17.8 Å². The molecule has 1 N–H and O–H groups in total. The van der Waals surface area contributed by atoms with Gasteiger partial charge in [-0.1, -0.05) is 44.2 Å². The van der Waals surface area contributed by atoms with Crippen LogP contribution in [-0.4, -0.2) is 27.4 Å². The van der Waals surface area contributed by atoms with E-state index in [0.29, 0.717) is 28.1 Å². The van der Waals surface area contributed by atoms with Crippen LogP contribution in [0.2, 0.25) is 0 Å². The second-order valence-electron chi connectivity index (χ2n) is 10.3. The van der Waals surface area contributed by atoms with Crippen LogP contribution in [0.1, 0.15) is 25.2 Å². The number of nitrogens with one attached hydrogen (secondary N) is 1. The average molecular weight is 495 g/mol. The lowest BCUT2D eigenvalue weighted by Gasteiger charge is -2.32. The molecule has 2 fully saturated rings. The molecule has 8 heteroatoms. The molecule has 3 aliphatic rings. The van der Waals surface area contributed by atoms with Gasteiger partial charge < -0.3 is 0 Å². The molecule has 3 aromatic carbocycles. The van der Waals surface area contributed by atoms with Crippen molar-refractivity contribution in [3.8, 4) is 5.69 Å². The van der Waals surface area contributed by atoms with Crippen molar-refractivity contribution in [3.05, 3.63) is 100 Å². The fourth-order valence-electron chi connectivity index (χ4n) is 6.57.